The highest BCUT2D eigenvalue weighted by Crippen LogP contribution is 2.34. The minimum atomic E-state index is -4.82. The van der Waals surface area contributed by atoms with Gasteiger partial charge in [0.05, 0.1) is 21.9 Å². The van der Waals surface area contributed by atoms with E-state index in [0.29, 0.717) is 6.07 Å². The highest BCUT2D eigenvalue weighted by molar-refractivity contribution is 7.93. The predicted molar refractivity (Wildman–Crippen MR) is 121 cm³/mol. The molecule has 17 heteroatoms. The predicted octanol–water partition coefficient (Wildman–Crippen LogP) is 3.39. The van der Waals surface area contributed by atoms with Crippen molar-refractivity contribution in [1.82, 2.24) is 0 Å². The lowest BCUT2D eigenvalue weighted by Gasteiger charge is -2.14. The molecule has 0 bridgehead atoms. The lowest BCUT2D eigenvalue weighted by molar-refractivity contribution is -0.386. The van der Waals surface area contributed by atoms with Gasteiger partial charge in [-0.15, -0.1) is 0 Å². The van der Waals surface area contributed by atoms with Crippen LogP contribution >= 0.6 is 0 Å². The number of hydrogen-bond donors (Lipinski definition) is 2. The summed E-state index contributed by atoms with van der Waals surface area (Å²) in [6.07, 6.45) is 0. The minimum Gasteiger partial charge on any atom is -0.495 e. The van der Waals surface area contributed by atoms with Crippen LogP contribution in [0.25, 0.3) is 0 Å². The zero-order chi connectivity index (χ0) is 26.8. The zero-order valence-electron chi connectivity index (χ0n) is 17.8. The van der Waals surface area contributed by atoms with Gasteiger partial charge in [-0.05, 0) is 42.5 Å². The summed E-state index contributed by atoms with van der Waals surface area (Å²) in [5.41, 5.74) is -3.82. The third kappa shape index (κ3) is 5.15. The number of nitrogens with zero attached hydrogens (tertiary/aromatic N) is 2. The van der Waals surface area contributed by atoms with E-state index in [1.54, 1.807) is 0 Å². The molecule has 190 valence electrons. The van der Waals surface area contributed by atoms with E-state index in [-0.39, 0.29) is 0 Å². The summed E-state index contributed by atoms with van der Waals surface area (Å²) >= 11 is 0. The topological polar surface area (TPSA) is 188 Å². The Kier molecular flexibility index (Phi) is 7.07. The second-order valence-corrected chi connectivity index (χ2v) is 10.1. The molecule has 0 spiro atoms. The van der Waals surface area contributed by atoms with Crippen LogP contribution in [0.15, 0.2) is 64.4 Å². The van der Waals surface area contributed by atoms with E-state index in [4.69, 9.17) is 4.74 Å². The van der Waals surface area contributed by atoms with Crippen LogP contribution in [0.5, 0.6) is 5.75 Å². The molecule has 0 aliphatic rings. The third-order valence-electron chi connectivity index (χ3n) is 4.56. The second-order valence-electron chi connectivity index (χ2n) is 6.81. The molecule has 3 aromatic carbocycles. The van der Waals surface area contributed by atoms with Crippen LogP contribution < -0.4 is 14.2 Å². The summed E-state index contributed by atoms with van der Waals surface area (Å²) in [5.74, 6) is -3.04. The number of methoxy groups -OCH3 is 1. The summed E-state index contributed by atoms with van der Waals surface area (Å²) in [6.45, 7) is 0. The normalized spacial score (nSPS) is 11.5. The molecule has 2 N–H and O–H groups in total. The molecular formula is C19H14F2N4O9S2. The van der Waals surface area contributed by atoms with E-state index in [2.05, 4.69) is 0 Å². The van der Waals surface area contributed by atoms with Gasteiger partial charge in [0, 0.05) is 0 Å². The van der Waals surface area contributed by atoms with Gasteiger partial charge in [0.15, 0.2) is 0 Å². The average Bonchev–Trinajstić information content (AvgIpc) is 2.77. The summed E-state index contributed by atoms with van der Waals surface area (Å²) < 4.78 is 88.1. The Morgan fingerprint density at radius 2 is 1.25 bits per heavy atom. The van der Waals surface area contributed by atoms with Crippen molar-refractivity contribution in [3.8, 4) is 5.75 Å². The molecule has 0 aromatic heterocycles. The Morgan fingerprint density at radius 1 is 0.778 bits per heavy atom. The van der Waals surface area contributed by atoms with Gasteiger partial charge in [-0.25, -0.2) is 16.8 Å². The van der Waals surface area contributed by atoms with Gasteiger partial charge in [0.1, 0.15) is 22.0 Å². The molecule has 0 heterocycles. The molecule has 0 atom stereocenters. The van der Waals surface area contributed by atoms with Crippen LogP contribution in [0.1, 0.15) is 0 Å². The number of rotatable bonds is 9. The number of benzene rings is 3. The number of ether oxygens (including phenoxy) is 1. The second kappa shape index (κ2) is 9.70. The number of para-hydroxylation sites is 2. The lowest BCUT2D eigenvalue weighted by atomic mass is 10.2. The fourth-order valence-corrected chi connectivity index (χ4v) is 5.43. The van der Waals surface area contributed by atoms with E-state index < -0.39 is 79.8 Å². The highest BCUT2D eigenvalue weighted by Gasteiger charge is 2.30. The Labute approximate surface area is 201 Å². The number of nitro groups is 2. The quantitative estimate of drug-likeness (QED) is 0.300. The van der Waals surface area contributed by atoms with E-state index in [1.165, 1.54) is 0 Å². The first-order valence-corrected chi connectivity index (χ1v) is 12.3. The fraction of sp³-hybridized carbons (Fsp3) is 0.0526. The van der Waals surface area contributed by atoms with Crippen molar-refractivity contribution < 1.29 is 40.2 Å². The standard InChI is InChI=1S/C19H14F2N4O9S2/c1-34-16-9-8-11(35(30,31)22-14-6-2-4-12(20)18(14)24(26)27)10-17(16)36(32,33)23-15-7-3-5-13(21)19(15)25(28)29/h2-10,22-23H,1H3. The van der Waals surface area contributed by atoms with Crippen LogP contribution in [-0.4, -0.2) is 33.8 Å². The molecule has 3 rings (SSSR count). The first-order chi connectivity index (χ1) is 16.8. The van der Waals surface area contributed by atoms with Crippen molar-refractivity contribution in [2.45, 2.75) is 9.79 Å². The van der Waals surface area contributed by atoms with Gasteiger partial charge in [-0.1, -0.05) is 12.1 Å². The Bertz CT molecular complexity index is 1600. The number of halogens is 2. The first kappa shape index (κ1) is 26.2. The van der Waals surface area contributed by atoms with Crippen molar-refractivity contribution in [1.29, 1.82) is 0 Å². The van der Waals surface area contributed by atoms with Crippen molar-refractivity contribution in [3.63, 3.8) is 0 Å². The lowest BCUT2D eigenvalue weighted by Crippen LogP contribution is -2.18. The molecule has 0 saturated heterocycles. The molecule has 3 aromatic rings. The molecule has 0 amide bonds. The molecule has 0 unspecified atom stereocenters. The minimum absolute atomic E-state index is 0.391. The molecule has 0 radical (unpaired) electrons. The summed E-state index contributed by atoms with van der Waals surface area (Å²) in [6, 6.07) is 7.76. The van der Waals surface area contributed by atoms with Crippen LogP contribution in [0.4, 0.5) is 31.5 Å². The van der Waals surface area contributed by atoms with E-state index >= 15 is 0 Å². The van der Waals surface area contributed by atoms with E-state index in [0.717, 1.165) is 55.6 Å². The van der Waals surface area contributed by atoms with Crippen LogP contribution in [0.3, 0.4) is 0 Å². The Hall–Kier alpha value is -4.38. The maximum atomic E-state index is 13.9. The van der Waals surface area contributed by atoms with E-state index in [9.17, 15) is 45.8 Å². The summed E-state index contributed by atoms with van der Waals surface area (Å²) in [5, 5.41) is 22.3. The van der Waals surface area contributed by atoms with Gasteiger partial charge >= 0.3 is 11.4 Å². The maximum absolute atomic E-state index is 13.9. The van der Waals surface area contributed by atoms with Gasteiger partial charge in [-0.3, -0.25) is 29.7 Å². The number of sulfonamides is 2. The summed E-state index contributed by atoms with van der Waals surface area (Å²) in [7, 11) is -8.49. The number of nitrogens with one attached hydrogen (secondary N) is 2. The molecule has 0 saturated carbocycles. The smallest absolute Gasteiger partial charge is 0.328 e. The van der Waals surface area contributed by atoms with Crippen molar-refractivity contribution in [2.75, 3.05) is 16.6 Å². The van der Waals surface area contributed by atoms with Crippen molar-refractivity contribution in [3.05, 3.63) is 86.5 Å². The molecule has 0 aliphatic heterocycles. The van der Waals surface area contributed by atoms with Crippen molar-refractivity contribution >= 4 is 42.8 Å². The third-order valence-corrected chi connectivity index (χ3v) is 7.31. The van der Waals surface area contributed by atoms with Crippen LogP contribution in [0.2, 0.25) is 0 Å². The van der Waals surface area contributed by atoms with Crippen LogP contribution in [0, 0.1) is 31.9 Å². The molecule has 36 heavy (non-hydrogen) atoms. The Balaban J connectivity index is 2.09. The van der Waals surface area contributed by atoms with Crippen molar-refractivity contribution in [2.24, 2.45) is 0 Å². The molecular weight excluding hydrogens is 530 g/mol. The molecule has 13 nitrogen and oxygen atoms in total. The molecule has 0 fully saturated rings. The average molecular weight is 544 g/mol. The number of nitro benzene ring substituents is 2. The van der Waals surface area contributed by atoms with Crippen LogP contribution in [-0.2, 0) is 20.0 Å². The monoisotopic (exact) mass is 544 g/mol. The SMILES string of the molecule is COc1ccc(S(=O)(=O)Nc2cccc(F)c2[N+](=O)[O-])cc1S(=O)(=O)Nc1cccc(F)c1[N+](=O)[O-]. The van der Waals surface area contributed by atoms with Gasteiger partial charge < -0.3 is 4.74 Å². The largest absolute Gasteiger partial charge is 0.495 e. The highest BCUT2D eigenvalue weighted by atomic mass is 32.2. The fourth-order valence-electron chi connectivity index (χ4n) is 3.00. The first-order valence-electron chi connectivity index (χ1n) is 9.38. The number of hydrogen-bond acceptors (Lipinski definition) is 9. The molecule has 0 aliphatic carbocycles. The summed E-state index contributed by atoms with van der Waals surface area (Å²) in [4.78, 5) is 18.5. The number of anilines is 2. The van der Waals surface area contributed by atoms with E-state index in [1.807, 2.05) is 9.44 Å². The Morgan fingerprint density at radius 3 is 1.69 bits per heavy atom. The maximum Gasteiger partial charge on any atom is 0.328 e. The zero-order valence-corrected chi connectivity index (χ0v) is 19.5. The van der Waals surface area contributed by atoms with Gasteiger partial charge in [0.25, 0.3) is 20.0 Å². The van der Waals surface area contributed by atoms with Gasteiger partial charge in [0.2, 0.25) is 11.6 Å². The van der Waals surface area contributed by atoms with Gasteiger partial charge in [-0.2, -0.15) is 8.78 Å².